The van der Waals surface area contributed by atoms with Gasteiger partial charge in [-0.05, 0) is 30.7 Å². The maximum Gasteiger partial charge on any atom is 0.246 e. The minimum absolute atomic E-state index is 0.0830. The summed E-state index contributed by atoms with van der Waals surface area (Å²) in [5.41, 5.74) is 1.39. The van der Waals surface area contributed by atoms with Crippen molar-refractivity contribution in [2.45, 2.75) is 13.0 Å². The van der Waals surface area contributed by atoms with Crippen LogP contribution in [0.3, 0.4) is 0 Å². The lowest BCUT2D eigenvalue weighted by Gasteiger charge is -2.10. The summed E-state index contributed by atoms with van der Waals surface area (Å²) in [6.07, 6.45) is 5.05. The number of carbonyl (C=O) groups is 1. The van der Waals surface area contributed by atoms with Crippen LogP contribution in [0.5, 0.6) is 5.75 Å². The van der Waals surface area contributed by atoms with Gasteiger partial charge in [0.15, 0.2) is 11.6 Å². The maximum atomic E-state index is 14.5. The molecule has 0 fully saturated rings. The van der Waals surface area contributed by atoms with Crippen LogP contribution in [0.2, 0.25) is 0 Å². The van der Waals surface area contributed by atoms with E-state index < -0.39 is 11.6 Å². The van der Waals surface area contributed by atoms with Crippen molar-refractivity contribution in [1.29, 1.82) is 0 Å². The van der Waals surface area contributed by atoms with Gasteiger partial charge < -0.3 is 15.4 Å². The van der Waals surface area contributed by atoms with Crippen LogP contribution >= 0.6 is 11.6 Å². The third-order valence-corrected chi connectivity index (χ3v) is 4.80. The number of ether oxygens (including phenoxy) is 1. The number of nitrogens with zero attached hydrogens (tertiary/aromatic N) is 4. The highest BCUT2D eigenvalue weighted by Gasteiger charge is 2.12. The van der Waals surface area contributed by atoms with E-state index in [1.54, 1.807) is 12.3 Å². The summed E-state index contributed by atoms with van der Waals surface area (Å²) in [4.78, 5) is 20.6. The Kier molecular flexibility index (Phi) is 6.94. The Bertz CT molecular complexity index is 1280. The van der Waals surface area contributed by atoms with Gasteiger partial charge in [0.05, 0.1) is 24.0 Å². The van der Waals surface area contributed by atoms with Crippen molar-refractivity contribution >= 4 is 45.6 Å². The number of amides is 1. The Labute approximate surface area is 192 Å². The molecule has 4 aromatic rings. The Morgan fingerprint density at radius 3 is 2.85 bits per heavy atom. The molecule has 170 valence electrons. The molecule has 1 amide bonds. The zero-order valence-corrected chi connectivity index (χ0v) is 18.0. The van der Waals surface area contributed by atoms with Gasteiger partial charge in [0.25, 0.3) is 0 Å². The zero-order valence-electron chi connectivity index (χ0n) is 17.3. The number of halogens is 3. The quantitative estimate of drug-likeness (QED) is 0.275. The number of rotatable bonds is 9. The van der Waals surface area contributed by atoms with Crippen LogP contribution in [-0.4, -0.2) is 38.1 Å². The number of benzene rings is 2. The number of hydrogen-bond donors (Lipinski definition) is 2. The molecule has 2 heterocycles. The van der Waals surface area contributed by atoms with E-state index in [2.05, 4.69) is 25.7 Å². The highest BCUT2D eigenvalue weighted by molar-refractivity contribution is 6.17. The lowest BCUT2D eigenvalue weighted by atomic mass is 10.2. The second-order valence-electron chi connectivity index (χ2n) is 7.02. The van der Waals surface area contributed by atoms with E-state index in [9.17, 15) is 13.6 Å². The second kappa shape index (κ2) is 10.2. The van der Waals surface area contributed by atoms with Gasteiger partial charge in [0.1, 0.15) is 24.5 Å². The molecular weight excluding hydrogens is 454 g/mol. The van der Waals surface area contributed by atoms with Crippen molar-refractivity contribution in [1.82, 2.24) is 19.7 Å². The number of anilines is 3. The SMILES string of the molecule is O=C(Cn1cc(Nc2ncnc3cc(OCCCCl)c(F)cc23)cn1)Nc1cccc(F)c1. The molecule has 0 atom stereocenters. The number of aromatic nitrogens is 4. The van der Waals surface area contributed by atoms with Gasteiger partial charge in [0, 0.05) is 29.2 Å². The topological polar surface area (TPSA) is 94.0 Å². The molecule has 0 aliphatic carbocycles. The third-order valence-electron chi connectivity index (χ3n) is 4.53. The molecule has 0 unspecified atom stereocenters. The standard InChI is InChI=1S/C22H19ClF2N6O2/c23-5-2-6-33-20-9-19-17(8-18(20)25)22(27-13-26-19)30-16-10-28-31(11-16)12-21(32)29-15-4-1-3-14(24)7-15/h1,3-4,7-11,13H,2,5-6,12H2,(H,29,32)(H,26,27,30). The number of carbonyl (C=O) groups excluding carboxylic acids is 1. The molecular formula is C22H19ClF2N6O2. The van der Waals surface area contributed by atoms with Gasteiger partial charge in [0.2, 0.25) is 5.91 Å². The van der Waals surface area contributed by atoms with Crippen molar-refractivity contribution in [2.24, 2.45) is 0 Å². The summed E-state index contributed by atoms with van der Waals surface area (Å²) in [5.74, 6) is -0.470. The minimum Gasteiger partial charge on any atom is -0.490 e. The number of hydrogen-bond acceptors (Lipinski definition) is 6. The van der Waals surface area contributed by atoms with Crippen LogP contribution in [0.1, 0.15) is 6.42 Å². The summed E-state index contributed by atoms with van der Waals surface area (Å²) in [5, 5.41) is 10.2. The van der Waals surface area contributed by atoms with Crippen molar-refractivity contribution < 1.29 is 18.3 Å². The smallest absolute Gasteiger partial charge is 0.246 e. The molecule has 8 nitrogen and oxygen atoms in total. The predicted octanol–water partition coefficient (Wildman–Crippen LogP) is 4.49. The molecule has 0 aliphatic rings. The molecule has 11 heteroatoms. The summed E-state index contributed by atoms with van der Waals surface area (Å²) in [7, 11) is 0. The van der Waals surface area contributed by atoms with E-state index in [1.165, 1.54) is 47.5 Å². The lowest BCUT2D eigenvalue weighted by molar-refractivity contribution is -0.116. The normalized spacial score (nSPS) is 10.9. The summed E-state index contributed by atoms with van der Waals surface area (Å²) in [6.45, 7) is 0.217. The summed E-state index contributed by atoms with van der Waals surface area (Å²) in [6, 6.07) is 8.41. The molecule has 2 N–H and O–H groups in total. The lowest BCUT2D eigenvalue weighted by Crippen LogP contribution is -2.19. The monoisotopic (exact) mass is 472 g/mol. The van der Waals surface area contributed by atoms with Gasteiger partial charge in [-0.3, -0.25) is 9.48 Å². The maximum absolute atomic E-state index is 14.5. The summed E-state index contributed by atoms with van der Waals surface area (Å²) < 4.78 is 34.6. The van der Waals surface area contributed by atoms with Crippen molar-refractivity contribution in [3.8, 4) is 5.75 Å². The minimum atomic E-state index is -0.542. The van der Waals surface area contributed by atoms with E-state index in [-0.39, 0.29) is 18.2 Å². The van der Waals surface area contributed by atoms with Gasteiger partial charge in [-0.25, -0.2) is 18.7 Å². The number of fused-ring (bicyclic) bond motifs is 1. The Balaban J connectivity index is 1.45. The molecule has 0 aliphatic heterocycles. The molecule has 0 saturated heterocycles. The first-order valence-electron chi connectivity index (χ1n) is 10.00. The number of alkyl halides is 1. The van der Waals surface area contributed by atoms with Crippen LogP contribution < -0.4 is 15.4 Å². The van der Waals surface area contributed by atoms with E-state index in [0.717, 1.165) is 0 Å². The van der Waals surface area contributed by atoms with Gasteiger partial charge in [-0.2, -0.15) is 5.10 Å². The van der Waals surface area contributed by atoms with Crippen LogP contribution in [0.15, 0.2) is 55.1 Å². The van der Waals surface area contributed by atoms with E-state index >= 15 is 0 Å². The molecule has 0 spiro atoms. The van der Waals surface area contributed by atoms with E-state index in [0.29, 0.717) is 47.0 Å². The number of nitrogens with one attached hydrogen (secondary N) is 2. The highest BCUT2D eigenvalue weighted by Crippen LogP contribution is 2.29. The first-order valence-corrected chi connectivity index (χ1v) is 10.5. The van der Waals surface area contributed by atoms with Gasteiger partial charge in [-0.15, -0.1) is 11.6 Å². The van der Waals surface area contributed by atoms with Crippen molar-refractivity contribution in [3.63, 3.8) is 0 Å². The van der Waals surface area contributed by atoms with E-state index in [1.807, 2.05) is 0 Å². The molecule has 2 aromatic carbocycles. The Hall–Kier alpha value is -3.79. The predicted molar refractivity (Wildman–Crippen MR) is 121 cm³/mol. The van der Waals surface area contributed by atoms with Crippen LogP contribution in [0.25, 0.3) is 10.9 Å². The molecule has 33 heavy (non-hydrogen) atoms. The van der Waals surface area contributed by atoms with Crippen LogP contribution in [0, 0.1) is 11.6 Å². The molecule has 0 saturated carbocycles. The van der Waals surface area contributed by atoms with Crippen molar-refractivity contribution in [2.75, 3.05) is 23.1 Å². The molecule has 2 aromatic heterocycles. The highest BCUT2D eigenvalue weighted by atomic mass is 35.5. The van der Waals surface area contributed by atoms with Crippen LogP contribution in [0.4, 0.5) is 26.0 Å². The first kappa shape index (κ1) is 22.4. The van der Waals surface area contributed by atoms with Gasteiger partial charge in [-0.1, -0.05) is 6.07 Å². The molecule has 4 rings (SSSR count). The van der Waals surface area contributed by atoms with E-state index in [4.69, 9.17) is 16.3 Å². The molecule has 0 bridgehead atoms. The van der Waals surface area contributed by atoms with Gasteiger partial charge >= 0.3 is 0 Å². The fraction of sp³-hybridized carbons (Fsp3) is 0.182. The van der Waals surface area contributed by atoms with Crippen LogP contribution in [-0.2, 0) is 11.3 Å². The fourth-order valence-electron chi connectivity index (χ4n) is 3.07. The average molecular weight is 473 g/mol. The second-order valence-corrected chi connectivity index (χ2v) is 7.40. The zero-order chi connectivity index (χ0) is 23.2. The Morgan fingerprint density at radius 1 is 1.15 bits per heavy atom. The average Bonchev–Trinajstić information content (AvgIpc) is 3.21. The first-order chi connectivity index (χ1) is 16.0. The Morgan fingerprint density at radius 2 is 2.03 bits per heavy atom. The van der Waals surface area contributed by atoms with Crippen molar-refractivity contribution in [3.05, 3.63) is 66.8 Å². The largest absolute Gasteiger partial charge is 0.490 e. The molecule has 0 radical (unpaired) electrons. The summed E-state index contributed by atoms with van der Waals surface area (Å²) >= 11 is 5.63. The fourth-order valence-corrected chi connectivity index (χ4v) is 3.18. The third kappa shape index (κ3) is 5.72.